The van der Waals surface area contributed by atoms with Crippen molar-refractivity contribution in [1.82, 2.24) is 9.78 Å². The van der Waals surface area contributed by atoms with Gasteiger partial charge in [0.15, 0.2) is 0 Å². The zero-order chi connectivity index (χ0) is 20.5. The van der Waals surface area contributed by atoms with Gasteiger partial charge in [-0.15, -0.1) is 11.3 Å². The maximum absolute atomic E-state index is 12.9. The normalized spacial score (nSPS) is 10.9. The number of rotatable bonds is 5. The first-order valence-corrected chi connectivity index (χ1v) is 9.98. The zero-order valence-corrected chi connectivity index (χ0v) is 17.6. The van der Waals surface area contributed by atoms with E-state index in [1.165, 1.54) is 11.3 Å². The smallest absolute Gasteiger partial charge is 0.265 e. The molecule has 0 saturated carbocycles. The molecule has 148 valence electrons. The van der Waals surface area contributed by atoms with Crippen LogP contribution in [0.5, 0.6) is 11.5 Å². The fraction of sp³-hybridized carbons (Fsp3) is 0.143. The molecule has 2 aromatic heterocycles. The number of aryl methyl sites for hydroxylation is 1. The molecule has 0 radical (unpaired) electrons. The van der Waals surface area contributed by atoms with Crippen LogP contribution in [-0.2, 0) is 0 Å². The Balaban J connectivity index is 1.70. The topological polar surface area (TPSA) is 65.4 Å². The summed E-state index contributed by atoms with van der Waals surface area (Å²) in [6, 6.07) is 14.6. The average Bonchev–Trinajstić information content (AvgIpc) is 3.29. The Bertz CT molecular complexity index is 1220. The lowest BCUT2D eigenvalue weighted by molar-refractivity contribution is 0.103. The number of carbonyl (C=O) groups is 1. The maximum atomic E-state index is 12.9. The first-order valence-electron chi connectivity index (χ1n) is 8.79. The molecule has 4 aromatic rings. The minimum atomic E-state index is -0.222. The lowest BCUT2D eigenvalue weighted by atomic mass is 10.2. The lowest BCUT2D eigenvalue weighted by Crippen LogP contribution is -2.11. The summed E-state index contributed by atoms with van der Waals surface area (Å²) in [7, 11) is 3.13. The highest BCUT2D eigenvalue weighted by Crippen LogP contribution is 2.34. The van der Waals surface area contributed by atoms with Gasteiger partial charge in [-0.1, -0.05) is 23.7 Å². The number of hydrogen-bond acceptors (Lipinski definition) is 5. The minimum Gasteiger partial charge on any atom is -0.497 e. The van der Waals surface area contributed by atoms with Crippen LogP contribution < -0.4 is 14.8 Å². The van der Waals surface area contributed by atoms with E-state index in [-0.39, 0.29) is 5.91 Å². The molecular formula is C21H18ClN3O3S. The molecule has 0 saturated heterocycles. The second kappa shape index (κ2) is 7.77. The average molecular weight is 428 g/mol. The van der Waals surface area contributed by atoms with Gasteiger partial charge in [-0.2, -0.15) is 5.10 Å². The molecule has 8 heteroatoms. The third kappa shape index (κ3) is 3.54. The van der Waals surface area contributed by atoms with Gasteiger partial charge in [-0.05, 0) is 37.3 Å². The van der Waals surface area contributed by atoms with Crippen molar-refractivity contribution in [3.63, 3.8) is 0 Å². The summed E-state index contributed by atoms with van der Waals surface area (Å²) in [5.41, 5.74) is 2.18. The van der Waals surface area contributed by atoms with Crippen LogP contribution in [0.2, 0.25) is 5.02 Å². The molecule has 6 nitrogen and oxygen atoms in total. The van der Waals surface area contributed by atoms with E-state index >= 15 is 0 Å². The molecule has 0 unspecified atom stereocenters. The number of para-hydroxylation sites is 1. The van der Waals surface area contributed by atoms with Crippen molar-refractivity contribution >= 4 is 44.7 Å². The molecule has 4 rings (SSSR count). The summed E-state index contributed by atoms with van der Waals surface area (Å²) >= 11 is 7.70. The van der Waals surface area contributed by atoms with Gasteiger partial charge in [0.25, 0.3) is 5.91 Å². The van der Waals surface area contributed by atoms with Crippen LogP contribution in [0, 0.1) is 6.92 Å². The number of halogens is 1. The molecule has 0 fully saturated rings. The number of ether oxygens (including phenoxy) is 2. The third-order valence-electron chi connectivity index (χ3n) is 4.51. The molecule has 2 heterocycles. The largest absolute Gasteiger partial charge is 0.497 e. The number of fused-ring (bicyclic) bond motifs is 1. The molecule has 0 bridgehead atoms. The van der Waals surface area contributed by atoms with Crippen LogP contribution in [0.25, 0.3) is 15.9 Å². The molecule has 0 atom stereocenters. The van der Waals surface area contributed by atoms with E-state index in [2.05, 4.69) is 10.4 Å². The van der Waals surface area contributed by atoms with Crippen LogP contribution in [0.3, 0.4) is 0 Å². The van der Waals surface area contributed by atoms with E-state index in [1.54, 1.807) is 37.1 Å². The molecule has 1 N–H and O–H groups in total. The number of hydrogen-bond donors (Lipinski definition) is 1. The summed E-state index contributed by atoms with van der Waals surface area (Å²) in [5, 5.41) is 9.01. The van der Waals surface area contributed by atoms with E-state index in [4.69, 9.17) is 21.1 Å². The van der Waals surface area contributed by atoms with Gasteiger partial charge in [-0.3, -0.25) is 4.79 Å². The maximum Gasteiger partial charge on any atom is 0.265 e. The van der Waals surface area contributed by atoms with Crippen molar-refractivity contribution in [2.75, 3.05) is 19.5 Å². The monoisotopic (exact) mass is 427 g/mol. The van der Waals surface area contributed by atoms with Gasteiger partial charge in [0.05, 0.1) is 41.2 Å². The molecule has 0 aliphatic carbocycles. The Kier molecular flexibility index (Phi) is 5.17. The van der Waals surface area contributed by atoms with Crippen molar-refractivity contribution in [2.45, 2.75) is 6.92 Å². The lowest BCUT2D eigenvalue weighted by Gasteiger charge is -2.11. The van der Waals surface area contributed by atoms with Gasteiger partial charge in [-0.25, -0.2) is 4.68 Å². The molecular weight excluding hydrogens is 410 g/mol. The van der Waals surface area contributed by atoms with Crippen molar-refractivity contribution in [2.24, 2.45) is 0 Å². The summed E-state index contributed by atoms with van der Waals surface area (Å²) in [5.74, 6) is 0.953. The van der Waals surface area contributed by atoms with Crippen LogP contribution in [-0.4, -0.2) is 29.9 Å². The Morgan fingerprint density at radius 1 is 1.14 bits per heavy atom. The standard InChI is InChI=1S/C21H18ClN3O3S/c1-12-14-11-19(20(26)23-16-9-8-13(27-2)10-18(16)28-3)29-21(14)25(24-12)17-7-5-4-6-15(17)22/h4-11H,1-3H3,(H,23,26). The van der Waals surface area contributed by atoms with Crippen molar-refractivity contribution < 1.29 is 14.3 Å². The molecule has 2 aromatic carbocycles. The summed E-state index contributed by atoms with van der Waals surface area (Å²) in [6.07, 6.45) is 0. The predicted octanol–water partition coefficient (Wildman–Crippen LogP) is 5.32. The van der Waals surface area contributed by atoms with Gasteiger partial charge in [0.1, 0.15) is 16.3 Å². The highest BCUT2D eigenvalue weighted by molar-refractivity contribution is 7.20. The first kappa shape index (κ1) is 19.3. The third-order valence-corrected chi connectivity index (χ3v) is 5.93. The zero-order valence-electron chi connectivity index (χ0n) is 16.0. The number of methoxy groups -OCH3 is 2. The van der Waals surface area contributed by atoms with Gasteiger partial charge in [0, 0.05) is 11.5 Å². The van der Waals surface area contributed by atoms with Gasteiger partial charge < -0.3 is 14.8 Å². The number of aromatic nitrogens is 2. The van der Waals surface area contributed by atoms with E-state index in [9.17, 15) is 4.79 Å². The SMILES string of the molecule is COc1ccc(NC(=O)c2cc3c(C)nn(-c4ccccc4Cl)c3s2)c(OC)c1. The fourth-order valence-electron chi connectivity index (χ4n) is 3.03. The Morgan fingerprint density at radius 3 is 2.66 bits per heavy atom. The molecule has 1 amide bonds. The van der Waals surface area contributed by atoms with Gasteiger partial charge >= 0.3 is 0 Å². The Hall–Kier alpha value is -3.03. The molecule has 0 aliphatic rings. The molecule has 29 heavy (non-hydrogen) atoms. The number of nitrogens with zero attached hydrogens (tertiary/aromatic N) is 2. The van der Waals surface area contributed by atoms with E-state index in [0.29, 0.717) is 27.1 Å². The number of benzene rings is 2. The number of nitrogens with one attached hydrogen (secondary N) is 1. The first-order chi connectivity index (χ1) is 14.0. The number of carbonyl (C=O) groups excluding carboxylic acids is 1. The highest BCUT2D eigenvalue weighted by Gasteiger charge is 2.19. The highest BCUT2D eigenvalue weighted by atomic mass is 35.5. The quantitative estimate of drug-likeness (QED) is 0.468. The minimum absolute atomic E-state index is 0.222. The van der Waals surface area contributed by atoms with Crippen LogP contribution in [0.1, 0.15) is 15.4 Å². The second-order valence-electron chi connectivity index (χ2n) is 6.30. The summed E-state index contributed by atoms with van der Waals surface area (Å²) in [4.78, 5) is 14.3. The summed E-state index contributed by atoms with van der Waals surface area (Å²) < 4.78 is 12.3. The Labute approximate surface area is 176 Å². The van der Waals surface area contributed by atoms with Crippen molar-refractivity contribution in [3.05, 3.63) is 64.1 Å². The van der Waals surface area contributed by atoms with Crippen LogP contribution in [0.15, 0.2) is 48.5 Å². The number of amides is 1. The van der Waals surface area contributed by atoms with E-state index < -0.39 is 0 Å². The van der Waals surface area contributed by atoms with Crippen LogP contribution in [0.4, 0.5) is 5.69 Å². The van der Waals surface area contributed by atoms with E-state index in [0.717, 1.165) is 21.6 Å². The van der Waals surface area contributed by atoms with E-state index in [1.807, 2.05) is 37.3 Å². The second-order valence-corrected chi connectivity index (χ2v) is 7.74. The van der Waals surface area contributed by atoms with Crippen LogP contribution >= 0.6 is 22.9 Å². The summed E-state index contributed by atoms with van der Waals surface area (Å²) in [6.45, 7) is 1.91. The van der Waals surface area contributed by atoms with Crippen molar-refractivity contribution in [3.8, 4) is 17.2 Å². The molecule has 0 aliphatic heterocycles. The molecule has 0 spiro atoms. The predicted molar refractivity (Wildman–Crippen MR) is 116 cm³/mol. The van der Waals surface area contributed by atoms with Gasteiger partial charge in [0.2, 0.25) is 0 Å². The number of anilines is 1. The Morgan fingerprint density at radius 2 is 1.93 bits per heavy atom. The number of thiophene rings is 1. The van der Waals surface area contributed by atoms with Crippen molar-refractivity contribution in [1.29, 1.82) is 0 Å². The fourth-order valence-corrected chi connectivity index (χ4v) is 4.32.